The largest absolute Gasteiger partial charge is 0.466 e. The van der Waals surface area contributed by atoms with E-state index < -0.39 is 42.7 Å². The van der Waals surface area contributed by atoms with Gasteiger partial charge in [0.1, 0.15) is 0 Å². The van der Waals surface area contributed by atoms with Crippen molar-refractivity contribution in [3.8, 4) is 0 Å². The van der Waals surface area contributed by atoms with E-state index in [0.717, 1.165) is 0 Å². The van der Waals surface area contributed by atoms with Crippen LogP contribution in [0.15, 0.2) is 19.4 Å². The van der Waals surface area contributed by atoms with E-state index in [1.165, 1.54) is 0 Å². The first-order valence-corrected chi connectivity index (χ1v) is 7.21. The Balaban J connectivity index is -0.000000293. The van der Waals surface area contributed by atoms with Crippen molar-refractivity contribution in [1.29, 1.82) is 0 Å². The van der Waals surface area contributed by atoms with E-state index >= 15 is 0 Å². The summed E-state index contributed by atoms with van der Waals surface area (Å²) < 4.78 is 8.88. The van der Waals surface area contributed by atoms with Crippen LogP contribution in [0.2, 0.25) is 0 Å². The van der Waals surface area contributed by atoms with Crippen LogP contribution in [0.1, 0.15) is 0 Å². The number of carbonyl (C=O) groups is 3. The Morgan fingerprint density at radius 1 is 0.741 bits per heavy atom. The minimum Gasteiger partial charge on any atom is -0.370 e. The van der Waals surface area contributed by atoms with Gasteiger partial charge in [-0.05, 0) is 0 Å². The number of rotatable bonds is 0. The third-order valence-corrected chi connectivity index (χ3v) is 1.16. The smallest absolute Gasteiger partial charge is 0.370 e. The first kappa shape index (κ1) is 28.0. The molecule has 4 amide bonds. The van der Waals surface area contributed by atoms with Crippen LogP contribution in [0.5, 0.6) is 0 Å². The molecule has 0 aliphatic carbocycles. The number of phosphoric acid groups is 1. The number of carbonyl (C=O) groups excluding carboxylic acids is 3. The summed E-state index contributed by atoms with van der Waals surface area (Å²) in [4.78, 5) is 88.9. The first-order chi connectivity index (χ1) is 12.0. The summed E-state index contributed by atoms with van der Waals surface area (Å²) >= 11 is 0. The van der Waals surface area contributed by atoms with Crippen molar-refractivity contribution < 1.29 is 33.6 Å². The maximum absolute atomic E-state index is 10.2. The molecule has 0 fully saturated rings. The summed E-state index contributed by atoms with van der Waals surface area (Å²) in [5.41, 5.74) is 20.2. The van der Waals surface area contributed by atoms with Gasteiger partial charge < -0.3 is 43.3 Å². The average Bonchev–Trinajstić information content (AvgIpc) is 2.33. The number of guanidine groups is 1. The molecule has 0 bridgehead atoms. The number of aromatic nitrogens is 3. The second-order valence-corrected chi connectivity index (χ2v) is 4.51. The van der Waals surface area contributed by atoms with Gasteiger partial charge in [0.15, 0.2) is 5.96 Å². The molecule has 16 N–H and O–H groups in total. The molecule has 0 saturated heterocycles. The molecule has 154 valence electrons. The highest BCUT2D eigenvalue weighted by molar-refractivity contribution is 7.45. The van der Waals surface area contributed by atoms with Gasteiger partial charge in [-0.1, -0.05) is 0 Å². The van der Waals surface area contributed by atoms with Gasteiger partial charge in [0.2, 0.25) is 0 Å². The predicted molar refractivity (Wildman–Crippen MR) is 86.3 cm³/mol. The molecule has 1 rings (SSSR count). The van der Waals surface area contributed by atoms with E-state index in [4.69, 9.17) is 30.7 Å². The van der Waals surface area contributed by atoms with Gasteiger partial charge in [-0.25, -0.2) is 23.7 Å². The first-order valence-electron chi connectivity index (χ1n) is 5.65. The van der Waals surface area contributed by atoms with E-state index in [2.05, 4.69) is 22.2 Å². The van der Waals surface area contributed by atoms with Crippen LogP contribution in [0, 0.1) is 0 Å². The minimum atomic E-state index is -4.64. The predicted octanol–water partition coefficient (Wildman–Crippen LogP) is -6.88. The van der Waals surface area contributed by atoms with Crippen LogP contribution in [0.4, 0.5) is 4.79 Å². The van der Waals surface area contributed by atoms with Crippen molar-refractivity contribution in [2.45, 2.75) is 0 Å². The second-order valence-electron chi connectivity index (χ2n) is 3.48. The monoisotopic (exact) mass is 417 g/mol. The number of nitrogens with two attached hydrogens (primary N) is 5. The number of aromatic amines is 3. The van der Waals surface area contributed by atoms with Gasteiger partial charge in [-0.15, -0.1) is 0 Å². The maximum Gasteiger partial charge on any atom is 0.466 e. The lowest BCUT2D eigenvalue weighted by atomic mass is 10.6. The lowest BCUT2D eigenvalue weighted by Crippen LogP contribution is -2.34. The number of H-pyrrole nitrogens is 3. The van der Waals surface area contributed by atoms with Crippen molar-refractivity contribution in [3.05, 3.63) is 31.5 Å². The lowest BCUT2D eigenvalue weighted by Gasteiger charge is -1.82. The van der Waals surface area contributed by atoms with Crippen LogP contribution in [0.3, 0.4) is 0 Å². The summed E-state index contributed by atoms with van der Waals surface area (Å²) in [6, 6.07) is -0.875. The van der Waals surface area contributed by atoms with Crippen molar-refractivity contribution in [3.63, 3.8) is 0 Å². The van der Waals surface area contributed by atoms with Crippen molar-refractivity contribution >= 4 is 31.6 Å². The molecule has 0 radical (unpaired) electrons. The Bertz CT molecular complexity index is 773. The molecule has 0 saturated carbocycles. The Kier molecular flexibility index (Phi) is 14.0. The number of urea groups is 1. The molecule has 0 spiro atoms. The number of primary amides is 3. The Hall–Kier alpha value is -3.80. The SMILES string of the molecule is NC(=O)C(N)=O.NC(=O)N=C(N)N.O=P(O)(O)O.O=c1[nH]c(=O)[nH]c(=O)[nH]1. The Morgan fingerprint density at radius 3 is 1.04 bits per heavy atom. The number of nitrogens with one attached hydrogen (secondary N) is 3. The van der Waals surface area contributed by atoms with Crippen molar-refractivity contribution in [1.82, 2.24) is 15.0 Å². The number of amides is 4. The third kappa shape index (κ3) is 34.5. The van der Waals surface area contributed by atoms with Gasteiger partial charge in [0.05, 0.1) is 0 Å². The van der Waals surface area contributed by atoms with E-state index in [1.54, 1.807) is 15.0 Å². The average molecular weight is 417 g/mol. The molecule has 20 heteroatoms. The topological polar surface area (TPSA) is 370 Å². The fourth-order valence-electron chi connectivity index (χ4n) is 0.530. The lowest BCUT2D eigenvalue weighted by molar-refractivity contribution is -0.135. The molecule has 0 aliphatic rings. The van der Waals surface area contributed by atoms with E-state index in [-0.39, 0.29) is 5.96 Å². The molecule has 0 aromatic carbocycles. The molecule has 0 aliphatic heterocycles. The molecular formula is C7H16N9O10P. The molecular weight excluding hydrogens is 401 g/mol. The van der Waals surface area contributed by atoms with Crippen molar-refractivity contribution in [2.75, 3.05) is 0 Å². The highest BCUT2D eigenvalue weighted by Crippen LogP contribution is 2.25. The fraction of sp³-hybridized carbons (Fsp3) is 0. The molecule has 27 heavy (non-hydrogen) atoms. The van der Waals surface area contributed by atoms with Crippen molar-refractivity contribution in [2.24, 2.45) is 33.7 Å². The van der Waals surface area contributed by atoms with Gasteiger partial charge >= 0.3 is 42.7 Å². The summed E-state index contributed by atoms with van der Waals surface area (Å²) in [5, 5.41) is 0. The normalized spacial score (nSPS) is 8.85. The molecule has 0 atom stereocenters. The molecule has 0 unspecified atom stereocenters. The zero-order chi connectivity index (χ0) is 22.4. The van der Waals surface area contributed by atoms with Crippen LogP contribution in [-0.4, -0.2) is 53.4 Å². The minimum absolute atomic E-state index is 0.312. The van der Waals surface area contributed by atoms with E-state index in [1.807, 2.05) is 0 Å². The Morgan fingerprint density at radius 2 is 0.963 bits per heavy atom. The van der Waals surface area contributed by atoms with E-state index in [9.17, 15) is 28.8 Å². The van der Waals surface area contributed by atoms with E-state index in [0.29, 0.717) is 0 Å². The molecule has 19 nitrogen and oxygen atoms in total. The summed E-state index contributed by atoms with van der Waals surface area (Å²) in [5.74, 6) is -2.52. The zero-order valence-electron chi connectivity index (χ0n) is 13.0. The van der Waals surface area contributed by atoms with Crippen LogP contribution >= 0.6 is 7.82 Å². The van der Waals surface area contributed by atoms with Crippen LogP contribution < -0.4 is 45.7 Å². The van der Waals surface area contributed by atoms with Gasteiger partial charge in [-0.2, -0.15) is 4.99 Å². The number of nitrogens with zero attached hydrogens (tertiary/aromatic N) is 1. The standard InChI is InChI=1S/C3H3N3O3.C2H6N4O.C2H4N2O2.H3O4P/c7-1-4-2(8)6-3(9)5-1;3-1(4)6-2(5)7;3-1(5)2(4)6;1-5(2,3)4/h(H3,4,5,6,7,8,9);(H6,3,4,5,6,7);(H2,3,5)(H2,4,6);(H3,1,2,3,4). The van der Waals surface area contributed by atoms with Crippen LogP contribution in [-0.2, 0) is 14.2 Å². The number of hydrogen-bond donors (Lipinski definition) is 11. The third-order valence-electron chi connectivity index (χ3n) is 1.16. The summed E-state index contributed by atoms with van der Waals surface area (Å²) in [6.45, 7) is 0. The quantitative estimate of drug-likeness (QED) is 0.0811. The number of aliphatic imine (C=N–C) groups is 1. The molecule has 1 aromatic rings. The summed E-state index contributed by atoms with van der Waals surface area (Å²) in [6.07, 6.45) is 0. The fourth-order valence-corrected chi connectivity index (χ4v) is 0.530. The Labute approximate surface area is 146 Å². The molecule has 1 heterocycles. The zero-order valence-corrected chi connectivity index (χ0v) is 13.9. The summed E-state index contributed by atoms with van der Waals surface area (Å²) in [7, 11) is -4.64. The molecule has 1 aromatic heterocycles. The maximum atomic E-state index is 10.2. The van der Waals surface area contributed by atoms with Gasteiger partial charge in [0.25, 0.3) is 0 Å². The van der Waals surface area contributed by atoms with Gasteiger partial charge in [0, 0.05) is 0 Å². The van der Waals surface area contributed by atoms with Crippen LogP contribution in [0.25, 0.3) is 0 Å². The highest BCUT2D eigenvalue weighted by Gasteiger charge is 2.00. The number of hydrogen-bond acceptors (Lipinski definition) is 7. The van der Waals surface area contributed by atoms with Gasteiger partial charge in [-0.3, -0.25) is 24.5 Å². The second kappa shape index (κ2) is 13.5. The highest BCUT2D eigenvalue weighted by atomic mass is 31.2.